The van der Waals surface area contributed by atoms with Crippen LogP contribution < -0.4 is 0 Å². The van der Waals surface area contributed by atoms with E-state index in [4.69, 9.17) is 19.9 Å². The molecule has 62 heavy (non-hydrogen) atoms. The molecule has 0 unspecified atom stereocenters. The van der Waals surface area contributed by atoms with Crippen molar-refractivity contribution in [2.24, 2.45) is 0 Å². The number of pyridine rings is 1. The van der Waals surface area contributed by atoms with E-state index in [-0.39, 0.29) is 0 Å². The molecular weight excluding hydrogens is 757 g/mol. The van der Waals surface area contributed by atoms with Gasteiger partial charge in [-0.15, -0.1) is 0 Å². The maximum atomic E-state index is 5.26. The summed E-state index contributed by atoms with van der Waals surface area (Å²) in [5.41, 5.74) is 13.5. The fourth-order valence-electron chi connectivity index (χ4n) is 8.98. The maximum Gasteiger partial charge on any atom is 0.238 e. The predicted molar refractivity (Wildman–Crippen MR) is 253 cm³/mol. The van der Waals surface area contributed by atoms with Gasteiger partial charge in [-0.3, -0.25) is 4.57 Å². The molecule has 290 valence electrons. The third-order valence-corrected chi connectivity index (χ3v) is 11.8. The van der Waals surface area contributed by atoms with Gasteiger partial charge in [0.25, 0.3) is 0 Å². The Morgan fingerprint density at radius 2 is 0.758 bits per heavy atom. The lowest BCUT2D eigenvalue weighted by molar-refractivity contribution is 0.953. The molecule has 0 bridgehead atoms. The largest absolute Gasteiger partial charge is 0.307 e. The smallest absolute Gasteiger partial charge is 0.238 e. The summed E-state index contributed by atoms with van der Waals surface area (Å²) in [4.78, 5) is 20.8. The minimum absolute atomic E-state index is 0.559. The van der Waals surface area contributed by atoms with Crippen LogP contribution in [-0.4, -0.2) is 29.1 Å². The van der Waals surface area contributed by atoms with Crippen LogP contribution in [0.5, 0.6) is 0 Å². The van der Waals surface area contributed by atoms with Gasteiger partial charge < -0.3 is 4.57 Å². The molecular formula is C56H36N6. The first-order chi connectivity index (χ1) is 30.8. The van der Waals surface area contributed by atoms with Crippen molar-refractivity contribution in [3.05, 3.63) is 218 Å². The summed E-state index contributed by atoms with van der Waals surface area (Å²) in [6.45, 7) is 0. The van der Waals surface area contributed by atoms with Crippen LogP contribution in [0, 0.1) is 0 Å². The lowest BCUT2D eigenvalue weighted by Crippen LogP contribution is -2.07. The Kier molecular flexibility index (Phi) is 8.38. The Morgan fingerprint density at radius 3 is 1.37 bits per heavy atom. The molecule has 6 nitrogen and oxygen atoms in total. The van der Waals surface area contributed by atoms with Gasteiger partial charge in [-0.2, -0.15) is 9.97 Å². The topological polar surface area (TPSA) is 61.4 Å². The van der Waals surface area contributed by atoms with Crippen LogP contribution in [0.4, 0.5) is 0 Å². The van der Waals surface area contributed by atoms with E-state index < -0.39 is 0 Å². The molecule has 12 aromatic rings. The molecule has 12 rings (SSSR count). The van der Waals surface area contributed by atoms with Gasteiger partial charge in [0.15, 0.2) is 11.6 Å². The molecule has 4 heterocycles. The second-order valence-electron chi connectivity index (χ2n) is 15.4. The highest BCUT2D eigenvalue weighted by atomic mass is 15.2. The van der Waals surface area contributed by atoms with Crippen LogP contribution in [0.15, 0.2) is 218 Å². The monoisotopic (exact) mass is 792 g/mol. The van der Waals surface area contributed by atoms with Crippen molar-refractivity contribution in [2.75, 3.05) is 0 Å². The Labute approximate surface area is 357 Å². The van der Waals surface area contributed by atoms with Crippen molar-refractivity contribution in [3.8, 4) is 68.1 Å². The Bertz CT molecular complexity index is 3550. The maximum absolute atomic E-state index is 5.26. The van der Waals surface area contributed by atoms with Crippen LogP contribution in [0.1, 0.15) is 0 Å². The van der Waals surface area contributed by atoms with Gasteiger partial charge in [0.1, 0.15) is 0 Å². The van der Waals surface area contributed by atoms with Crippen molar-refractivity contribution in [3.63, 3.8) is 0 Å². The summed E-state index contributed by atoms with van der Waals surface area (Å²) < 4.78 is 4.63. The highest BCUT2D eigenvalue weighted by Gasteiger charge is 2.23. The second-order valence-corrected chi connectivity index (χ2v) is 15.4. The summed E-state index contributed by atoms with van der Waals surface area (Å²) in [6, 6.07) is 76.1. The van der Waals surface area contributed by atoms with Crippen molar-refractivity contribution in [2.45, 2.75) is 0 Å². The molecule has 0 fully saturated rings. The Morgan fingerprint density at radius 1 is 0.274 bits per heavy atom. The molecule has 4 aromatic heterocycles. The van der Waals surface area contributed by atoms with Gasteiger partial charge in [0.2, 0.25) is 5.95 Å². The van der Waals surface area contributed by atoms with E-state index in [1.807, 2.05) is 36.4 Å². The number of hydrogen-bond acceptors (Lipinski definition) is 4. The zero-order valence-electron chi connectivity index (χ0n) is 33.5. The number of para-hydroxylation sites is 2. The predicted octanol–water partition coefficient (Wildman–Crippen LogP) is 13.8. The summed E-state index contributed by atoms with van der Waals surface area (Å²) in [5.74, 6) is 1.79. The van der Waals surface area contributed by atoms with Crippen LogP contribution >= 0.6 is 0 Å². The number of fused-ring (bicyclic) bond motifs is 7. The SMILES string of the molecule is c1ccc(-c2nc(-c3ccccc3)nc(-n3c4ccccc4c4ccc5c6ccccc6n(-c6ccc(-c7cccc(-c8ccccc8-c8ccccc8)n7)cc6)c5c43)n2)cc1. The summed E-state index contributed by atoms with van der Waals surface area (Å²) in [5, 5.41) is 4.56. The number of aromatic nitrogens is 6. The fraction of sp³-hybridized carbons (Fsp3) is 0. The minimum atomic E-state index is 0.559. The fourth-order valence-corrected chi connectivity index (χ4v) is 8.98. The van der Waals surface area contributed by atoms with Gasteiger partial charge in [-0.25, -0.2) is 9.97 Å². The van der Waals surface area contributed by atoms with Crippen LogP contribution in [0.25, 0.3) is 112 Å². The average Bonchev–Trinajstić information content (AvgIpc) is 3.88. The van der Waals surface area contributed by atoms with Gasteiger partial charge in [-0.05, 0) is 47.5 Å². The quantitative estimate of drug-likeness (QED) is 0.161. The molecule has 0 aliphatic rings. The van der Waals surface area contributed by atoms with Crippen LogP contribution in [-0.2, 0) is 0 Å². The van der Waals surface area contributed by atoms with Crippen molar-refractivity contribution >= 4 is 43.6 Å². The third kappa shape index (κ3) is 5.88. The van der Waals surface area contributed by atoms with Gasteiger partial charge in [0, 0.05) is 49.5 Å². The summed E-state index contributed by atoms with van der Waals surface area (Å²) in [7, 11) is 0. The van der Waals surface area contributed by atoms with E-state index in [0.29, 0.717) is 17.6 Å². The van der Waals surface area contributed by atoms with Crippen molar-refractivity contribution in [1.82, 2.24) is 29.1 Å². The standard InChI is InChI=1S/C56H36N6/c1-4-17-37(18-5-1)42-23-10-11-24-43(42)49-28-16-27-48(57-49)38-31-33-41(34-32-38)61-50-29-14-12-25-44(50)46-35-36-47-45-26-13-15-30-51(45)62(53(47)52(46)61)56-59-54(39-19-6-2-7-20-39)58-55(60-56)40-21-8-3-9-22-40/h1-36H. The highest BCUT2D eigenvalue weighted by molar-refractivity contribution is 6.23. The van der Waals surface area contributed by atoms with Gasteiger partial charge >= 0.3 is 0 Å². The molecule has 0 aliphatic heterocycles. The molecule has 0 spiro atoms. The van der Waals surface area contributed by atoms with E-state index in [2.05, 4.69) is 191 Å². The summed E-state index contributed by atoms with van der Waals surface area (Å²) in [6.07, 6.45) is 0. The van der Waals surface area contributed by atoms with Crippen molar-refractivity contribution in [1.29, 1.82) is 0 Å². The highest BCUT2D eigenvalue weighted by Crippen LogP contribution is 2.42. The zero-order chi connectivity index (χ0) is 41.0. The van der Waals surface area contributed by atoms with Gasteiger partial charge in [-0.1, -0.05) is 182 Å². The van der Waals surface area contributed by atoms with Gasteiger partial charge in [0.05, 0.1) is 33.5 Å². The van der Waals surface area contributed by atoms with E-state index >= 15 is 0 Å². The molecule has 0 aliphatic carbocycles. The normalized spacial score (nSPS) is 11.5. The number of benzene rings is 8. The number of hydrogen-bond donors (Lipinski definition) is 0. The molecule has 8 aromatic carbocycles. The molecule has 0 saturated heterocycles. The lowest BCUT2D eigenvalue weighted by Gasteiger charge is -2.14. The van der Waals surface area contributed by atoms with Crippen molar-refractivity contribution < 1.29 is 0 Å². The van der Waals surface area contributed by atoms with E-state index in [1.54, 1.807) is 0 Å². The van der Waals surface area contributed by atoms with Crippen LogP contribution in [0.2, 0.25) is 0 Å². The van der Waals surface area contributed by atoms with E-state index in [9.17, 15) is 0 Å². The molecule has 0 amide bonds. The zero-order valence-corrected chi connectivity index (χ0v) is 33.5. The first-order valence-electron chi connectivity index (χ1n) is 20.8. The molecule has 0 atom stereocenters. The molecule has 0 N–H and O–H groups in total. The first kappa shape index (κ1) is 35.5. The number of rotatable bonds is 7. The molecule has 0 radical (unpaired) electrons. The lowest BCUT2D eigenvalue weighted by atomic mass is 9.97. The van der Waals surface area contributed by atoms with E-state index in [0.717, 1.165) is 83.1 Å². The van der Waals surface area contributed by atoms with E-state index in [1.165, 1.54) is 10.9 Å². The molecule has 0 saturated carbocycles. The number of nitrogens with zero attached hydrogens (tertiary/aromatic N) is 6. The first-order valence-corrected chi connectivity index (χ1v) is 20.8. The minimum Gasteiger partial charge on any atom is -0.307 e. The molecule has 6 heteroatoms. The Balaban J connectivity index is 1.07. The average molecular weight is 793 g/mol. The summed E-state index contributed by atoms with van der Waals surface area (Å²) >= 11 is 0. The Hall–Kier alpha value is -8.48. The van der Waals surface area contributed by atoms with Crippen LogP contribution in [0.3, 0.4) is 0 Å². The third-order valence-electron chi connectivity index (χ3n) is 11.8. The second kappa shape index (κ2) is 14.7.